The van der Waals surface area contributed by atoms with Gasteiger partial charge in [0.05, 0.1) is 36.9 Å². The highest BCUT2D eigenvalue weighted by Crippen LogP contribution is 2.31. The first kappa shape index (κ1) is 23.1. The molecule has 15 heteroatoms. The fourth-order valence-electron chi connectivity index (χ4n) is 2.49. The number of nitrogens with one attached hydrogen (secondary N) is 1. The Balaban J connectivity index is 2.01. The summed E-state index contributed by atoms with van der Waals surface area (Å²) < 4.78 is 67.4. The quantitative estimate of drug-likeness (QED) is 0.409. The lowest BCUT2D eigenvalue weighted by Crippen LogP contribution is -2.15. The summed E-state index contributed by atoms with van der Waals surface area (Å²) in [6, 6.07) is 6.42. The van der Waals surface area contributed by atoms with E-state index in [-0.39, 0.29) is 27.8 Å². The molecule has 31 heavy (non-hydrogen) atoms. The monoisotopic (exact) mass is 504 g/mol. The number of rotatable bonds is 5. The minimum absolute atomic E-state index is 0.0291. The van der Waals surface area contributed by atoms with Crippen molar-refractivity contribution >= 4 is 54.8 Å². The van der Waals surface area contributed by atoms with Gasteiger partial charge in [-0.3, -0.25) is 9.89 Å². The number of benzene rings is 2. The first-order valence-electron chi connectivity index (χ1n) is 8.03. The van der Waals surface area contributed by atoms with Gasteiger partial charge >= 0.3 is 0 Å². The lowest BCUT2D eigenvalue weighted by Gasteiger charge is -2.12. The van der Waals surface area contributed by atoms with Crippen molar-refractivity contribution < 1.29 is 25.9 Å². The Morgan fingerprint density at radius 3 is 2.10 bits per heavy atom. The molecule has 0 spiro atoms. The van der Waals surface area contributed by atoms with Crippen molar-refractivity contribution in [1.82, 2.24) is 9.78 Å². The van der Waals surface area contributed by atoms with Gasteiger partial charge in [0, 0.05) is 0 Å². The number of hydrogen-bond acceptors (Lipinski definition) is 9. The van der Waals surface area contributed by atoms with E-state index in [1.807, 2.05) is 0 Å². The van der Waals surface area contributed by atoms with Crippen LogP contribution in [0.3, 0.4) is 0 Å². The predicted molar refractivity (Wildman–Crippen MR) is 108 cm³/mol. The third-order valence-corrected chi connectivity index (χ3v) is 6.40. The molecule has 0 amide bonds. The van der Waals surface area contributed by atoms with Gasteiger partial charge in [0.2, 0.25) is 0 Å². The molecule has 1 aromatic heterocycles. The van der Waals surface area contributed by atoms with Gasteiger partial charge in [-0.05, 0) is 43.3 Å². The largest absolute Gasteiger partial charge is 0.744 e. The summed E-state index contributed by atoms with van der Waals surface area (Å²) in [4.78, 5) is 11.5. The van der Waals surface area contributed by atoms with E-state index in [1.54, 1.807) is 0 Å². The number of hydrogen-bond donors (Lipinski definition) is 1. The zero-order valence-corrected chi connectivity index (χ0v) is 18.4. The van der Waals surface area contributed by atoms with Gasteiger partial charge in [0.1, 0.15) is 20.2 Å². The first-order valence-corrected chi connectivity index (χ1v) is 11.6. The predicted octanol–water partition coefficient (Wildman–Crippen LogP) is 3.00. The van der Waals surface area contributed by atoms with Crippen LogP contribution in [0.25, 0.3) is 5.69 Å². The van der Waals surface area contributed by atoms with Crippen LogP contribution in [0, 0.1) is 6.92 Å². The highest BCUT2D eigenvalue weighted by atomic mass is 35.5. The number of azo groups is 1. The molecule has 164 valence electrons. The van der Waals surface area contributed by atoms with Crippen LogP contribution in [-0.2, 0) is 20.2 Å². The van der Waals surface area contributed by atoms with E-state index < -0.39 is 40.6 Å². The molecule has 0 saturated carbocycles. The summed E-state index contributed by atoms with van der Waals surface area (Å²) in [6.45, 7) is 1.51. The molecule has 3 aromatic rings. The molecule has 0 radical (unpaired) electrons. The maximum atomic E-state index is 12.7. The van der Waals surface area contributed by atoms with Crippen molar-refractivity contribution in [3.05, 3.63) is 62.5 Å². The topological polar surface area (TPSA) is 177 Å². The van der Waals surface area contributed by atoms with Crippen LogP contribution in [0.15, 0.2) is 61.2 Å². The lowest BCUT2D eigenvalue weighted by molar-refractivity contribution is 0.461. The zero-order chi connectivity index (χ0) is 23.1. The molecule has 0 saturated heterocycles. The molecule has 0 unspecified atom stereocenters. The van der Waals surface area contributed by atoms with Crippen molar-refractivity contribution in [2.24, 2.45) is 10.2 Å². The molecule has 2 aromatic carbocycles. The molecule has 0 atom stereocenters. The van der Waals surface area contributed by atoms with Crippen LogP contribution in [0.5, 0.6) is 0 Å². The average Bonchev–Trinajstić information content (AvgIpc) is 2.94. The molecule has 11 nitrogen and oxygen atoms in total. The van der Waals surface area contributed by atoms with Gasteiger partial charge in [-0.15, -0.1) is 5.11 Å². The minimum atomic E-state index is -4.87. The molecule has 0 aliphatic carbocycles. The van der Waals surface area contributed by atoms with Crippen LogP contribution in [-0.4, -0.2) is 35.7 Å². The summed E-state index contributed by atoms with van der Waals surface area (Å²) in [5.41, 5.74) is -0.437. The van der Waals surface area contributed by atoms with E-state index in [4.69, 9.17) is 23.2 Å². The number of nitrogens with zero attached hydrogens (tertiary/aromatic N) is 3. The maximum absolute atomic E-state index is 12.7. The Morgan fingerprint density at radius 2 is 1.55 bits per heavy atom. The number of aromatic amines is 1. The molecule has 1 heterocycles. The third kappa shape index (κ3) is 4.87. The van der Waals surface area contributed by atoms with Crippen molar-refractivity contribution in [1.29, 1.82) is 0 Å². The van der Waals surface area contributed by atoms with Crippen LogP contribution < -0.4 is 5.56 Å². The Hall–Kier alpha value is -2.55. The van der Waals surface area contributed by atoms with Gasteiger partial charge in [-0.25, -0.2) is 21.5 Å². The minimum Gasteiger partial charge on any atom is -0.744 e. The summed E-state index contributed by atoms with van der Waals surface area (Å²) >= 11 is 11.9. The summed E-state index contributed by atoms with van der Waals surface area (Å²) in [5.74, 6) is 0. The van der Waals surface area contributed by atoms with E-state index in [9.17, 15) is 30.7 Å². The first-order chi connectivity index (χ1) is 14.3. The Kier molecular flexibility index (Phi) is 6.10. The maximum Gasteiger partial charge on any atom is 0.299 e. The third-order valence-electron chi connectivity index (χ3n) is 3.94. The van der Waals surface area contributed by atoms with E-state index in [0.29, 0.717) is 0 Å². The standard InChI is InChI=1S/C16H12Cl2N4O7S2/c1-8-15(20-19-9-2-4-10(5-3-9)30(24,25)26)16(23)22(21-8)13-6-12(18)14(7-11(13)17)31(27,28)29/h2-7,21H,1H3,(H,24,25,26)(H,27,28,29)/p-2. The normalized spacial score (nSPS) is 12.5. The van der Waals surface area contributed by atoms with Gasteiger partial charge in [-0.2, -0.15) is 5.11 Å². The zero-order valence-electron chi connectivity index (χ0n) is 15.2. The second-order valence-electron chi connectivity index (χ2n) is 6.06. The number of halogens is 2. The van der Waals surface area contributed by atoms with Crippen molar-refractivity contribution in [3.63, 3.8) is 0 Å². The number of aromatic nitrogens is 2. The van der Waals surface area contributed by atoms with Gasteiger partial charge in [-0.1, -0.05) is 23.2 Å². The van der Waals surface area contributed by atoms with Crippen LogP contribution in [0.4, 0.5) is 11.4 Å². The summed E-state index contributed by atoms with van der Waals surface area (Å²) in [7, 11) is -9.48. The smallest absolute Gasteiger partial charge is 0.299 e. The molecular formula is C16H10Cl2N4O7S2-2. The molecule has 0 fully saturated rings. The fourth-order valence-corrected chi connectivity index (χ4v) is 4.28. The second-order valence-corrected chi connectivity index (χ2v) is 9.60. The van der Waals surface area contributed by atoms with Gasteiger partial charge < -0.3 is 9.11 Å². The van der Waals surface area contributed by atoms with Crippen molar-refractivity contribution in [3.8, 4) is 5.69 Å². The Bertz CT molecular complexity index is 1480. The van der Waals surface area contributed by atoms with E-state index in [2.05, 4.69) is 15.3 Å². The number of H-pyrrole nitrogens is 1. The van der Waals surface area contributed by atoms with Crippen molar-refractivity contribution in [2.45, 2.75) is 16.7 Å². The fraction of sp³-hybridized carbons (Fsp3) is 0.0625. The van der Waals surface area contributed by atoms with Gasteiger partial charge in [0.25, 0.3) is 5.56 Å². The molecule has 3 rings (SSSR count). The SMILES string of the molecule is Cc1[nH]n(-c2cc(Cl)c(S(=O)(=O)[O-])cc2Cl)c(=O)c1N=Nc1ccc(S(=O)(=O)[O-])cc1. The molecule has 0 aliphatic heterocycles. The molecule has 0 bridgehead atoms. The molecule has 0 aliphatic rings. The summed E-state index contributed by atoms with van der Waals surface area (Å²) in [5, 5.41) is 9.68. The second kappa shape index (κ2) is 8.18. The molecular weight excluding hydrogens is 495 g/mol. The number of aryl methyl sites for hydroxylation is 1. The van der Waals surface area contributed by atoms with Crippen LogP contribution >= 0.6 is 23.2 Å². The van der Waals surface area contributed by atoms with E-state index >= 15 is 0 Å². The van der Waals surface area contributed by atoms with Crippen LogP contribution in [0.2, 0.25) is 10.0 Å². The highest BCUT2D eigenvalue weighted by molar-refractivity contribution is 7.86. The van der Waals surface area contributed by atoms with Gasteiger partial charge in [0.15, 0.2) is 5.69 Å². The van der Waals surface area contributed by atoms with E-state index in [1.165, 1.54) is 19.1 Å². The molecule has 1 N–H and O–H groups in total. The van der Waals surface area contributed by atoms with E-state index in [0.717, 1.165) is 28.9 Å². The Labute approximate surface area is 185 Å². The van der Waals surface area contributed by atoms with Crippen LogP contribution in [0.1, 0.15) is 5.69 Å². The Morgan fingerprint density at radius 1 is 0.935 bits per heavy atom. The average molecular weight is 505 g/mol. The van der Waals surface area contributed by atoms with Crippen molar-refractivity contribution in [2.75, 3.05) is 0 Å². The summed E-state index contributed by atoms with van der Waals surface area (Å²) in [6.07, 6.45) is 0. The lowest BCUT2D eigenvalue weighted by atomic mass is 10.3. The highest BCUT2D eigenvalue weighted by Gasteiger charge is 2.18.